The van der Waals surface area contributed by atoms with E-state index in [9.17, 15) is 19.5 Å². The van der Waals surface area contributed by atoms with Crippen molar-refractivity contribution in [3.63, 3.8) is 0 Å². The van der Waals surface area contributed by atoms with Gasteiger partial charge in [-0.25, -0.2) is 4.79 Å². The fraction of sp³-hybridized carbons (Fsp3) is 0. The summed E-state index contributed by atoms with van der Waals surface area (Å²) in [4.78, 5) is 35.3. The lowest BCUT2D eigenvalue weighted by molar-refractivity contribution is -0.133. The molecule has 0 aliphatic carbocycles. The van der Waals surface area contributed by atoms with Gasteiger partial charge in [0.25, 0.3) is 5.91 Å². The highest BCUT2D eigenvalue weighted by atomic mass is 16.5. The fourth-order valence-corrected chi connectivity index (χ4v) is 2.56. The van der Waals surface area contributed by atoms with Gasteiger partial charge in [0.15, 0.2) is 11.5 Å². The molecule has 0 heterocycles. The largest absolute Gasteiger partial charge is 0.476 e. The van der Waals surface area contributed by atoms with Gasteiger partial charge in [-0.1, -0.05) is 48.5 Å². The summed E-state index contributed by atoms with van der Waals surface area (Å²) >= 11 is 0. The first-order valence-electron chi connectivity index (χ1n) is 8.71. The quantitative estimate of drug-likeness (QED) is 0.366. The van der Waals surface area contributed by atoms with Gasteiger partial charge in [0.1, 0.15) is 12.0 Å². The smallest absolute Gasteiger partial charge is 0.356 e. The molecule has 0 bridgehead atoms. The Morgan fingerprint density at radius 3 is 1.86 bits per heavy atom. The molecule has 6 nitrogen and oxygen atoms in total. The van der Waals surface area contributed by atoms with Crippen LogP contribution in [0.15, 0.2) is 90.6 Å². The SMILES string of the molecule is O=Cc1ccc(O/C(=C(/NC(=O)c2ccccc2)C(=O)O)c2ccccc2)cc1. The van der Waals surface area contributed by atoms with Gasteiger partial charge in [0.05, 0.1) is 0 Å². The summed E-state index contributed by atoms with van der Waals surface area (Å²) in [5.74, 6) is -1.63. The lowest BCUT2D eigenvalue weighted by Crippen LogP contribution is -2.29. The van der Waals surface area contributed by atoms with Crippen LogP contribution in [-0.2, 0) is 4.79 Å². The predicted molar refractivity (Wildman–Crippen MR) is 107 cm³/mol. The van der Waals surface area contributed by atoms with Crippen molar-refractivity contribution >= 4 is 23.9 Å². The number of rotatable bonds is 7. The van der Waals surface area contributed by atoms with E-state index < -0.39 is 17.6 Å². The van der Waals surface area contributed by atoms with E-state index in [0.717, 1.165) is 0 Å². The summed E-state index contributed by atoms with van der Waals surface area (Å²) in [5, 5.41) is 12.2. The molecule has 144 valence electrons. The van der Waals surface area contributed by atoms with Crippen LogP contribution in [0.25, 0.3) is 5.76 Å². The lowest BCUT2D eigenvalue weighted by atomic mass is 10.1. The van der Waals surface area contributed by atoms with Crippen LogP contribution < -0.4 is 10.1 Å². The molecular weight excluding hydrogens is 370 g/mol. The fourth-order valence-electron chi connectivity index (χ4n) is 2.56. The Balaban J connectivity index is 2.03. The zero-order valence-electron chi connectivity index (χ0n) is 15.2. The Kier molecular flexibility index (Phi) is 6.17. The van der Waals surface area contributed by atoms with Gasteiger partial charge in [-0.15, -0.1) is 0 Å². The summed E-state index contributed by atoms with van der Waals surface area (Å²) in [6.07, 6.45) is 0.695. The molecule has 0 saturated heterocycles. The minimum absolute atomic E-state index is 0.0266. The number of aldehydes is 1. The van der Waals surface area contributed by atoms with Gasteiger partial charge in [0.2, 0.25) is 0 Å². The second-order valence-corrected chi connectivity index (χ2v) is 5.98. The standard InChI is InChI=1S/C23H17NO5/c25-15-16-11-13-19(14-12-16)29-21(17-7-3-1-4-8-17)20(23(27)28)24-22(26)18-9-5-2-6-10-18/h1-15H,(H,24,26)(H,27,28)/b21-20+. The summed E-state index contributed by atoms with van der Waals surface area (Å²) < 4.78 is 5.83. The number of carbonyl (C=O) groups excluding carboxylic acids is 2. The molecule has 6 heteroatoms. The lowest BCUT2D eigenvalue weighted by Gasteiger charge is -2.15. The molecule has 0 saturated carbocycles. The Hall–Kier alpha value is -4.19. The first-order chi connectivity index (χ1) is 14.1. The van der Waals surface area contributed by atoms with Gasteiger partial charge in [-0.05, 0) is 36.4 Å². The molecule has 0 spiro atoms. The van der Waals surface area contributed by atoms with Crippen LogP contribution in [0.3, 0.4) is 0 Å². The minimum atomic E-state index is -1.35. The summed E-state index contributed by atoms with van der Waals surface area (Å²) in [6.45, 7) is 0. The molecule has 0 unspecified atom stereocenters. The van der Waals surface area contributed by atoms with Crippen molar-refractivity contribution in [3.05, 3.63) is 107 Å². The number of amides is 1. The highest BCUT2D eigenvalue weighted by Gasteiger charge is 2.22. The number of hydrogen-bond acceptors (Lipinski definition) is 4. The van der Waals surface area contributed by atoms with Crippen LogP contribution in [-0.4, -0.2) is 23.3 Å². The second-order valence-electron chi connectivity index (χ2n) is 5.98. The summed E-state index contributed by atoms with van der Waals surface area (Å²) in [6, 6.07) is 23.1. The van der Waals surface area contributed by atoms with E-state index in [2.05, 4.69) is 5.32 Å². The normalized spacial score (nSPS) is 11.2. The zero-order chi connectivity index (χ0) is 20.6. The van der Waals surface area contributed by atoms with Gasteiger partial charge in [0, 0.05) is 16.7 Å². The zero-order valence-corrected chi connectivity index (χ0v) is 15.2. The minimum Gasteiger partial charge on any atom is -0.476 e. The molecule has 2 N–H and O–H groups in total. The van der Waals surface area contributed by atoms with Crippen LogP contribution in [0.2, 0.25) is 0 Å². The molecule has 0 atom stereocenters. The maximum Gasteiger partial charge on any atom is 0.356 e. The molecule has 3 aromatic carbocycles. The molecule has 3 aromatic rings. The Morgan fingerprint density at radius 1 is 0.793 bits per heavy atom. The third-order valence-electron chi connectivity index (χ3n) is 3.99. The van der Waals surface area contributed by atoms with Gasteiger partial charge in [-0.2, -0.15) is 0 Å². The second kappa shape index (κ2) is 9.14. The number of carbonyl (C=O) groups is 3. The Labute approximate surface area is 167 Å². The van der Waals surface area contributed by atoms with E-state index in [-0.39, 0.29) is 5.76 Å². The van der Waals surface area contributed by atoms with Crippen LogP contribution in [0.4, 0.5) is 0 Å². The van der Waals surface area contributed by atoms with Crippen LogP contribution in [0.1, 0.15) is 26.3 Å². The highest BCUT2D eigenvalue weighted by molar-refractivity contribution is 6.04. The predicted octanol–water partition coefficient (Wildman–Crippen LogP) is 3.76. The topological polar surface area (TPSA) is 92.7 Å². The first kappa shape index (κ1) is 19.6. The van der Waals surface area contributed by atoms with Crippen molar-refractivity contribution in [2.45, 2.75) is 0 Å². The van der Waals surface area contributed by atoms with Gasteiger partial charge < -0.3 is 15.2 Å². The average molecular weight is 387 g/mol. The highest BCUT2D eigenvalue weighted by Crippen LogP contribution is 2.24. The van der Waals surface area contributed by atoms with E-state index in [4.69, 9.17) is 4.74 Å². The molecule has 0 fully saturated rings. The monoisotopic (exact) mass is 387 g/mol. The first-order valence-corrected chi connectivity index (χ1v) is 8.71. The number of benzene rings is 3. The molecule has 0 aliphatic heterocycles. The van der Waals surface area contributed by atoms with Crippen molar-refractivity contribution in [2.24, 2.45) is 0 Å². The van der Waals surface area contributed by atoms with Crippen LogP contribution >= 0.6 is 0 Å². The van der Waals surface area contributed by atoms with E-state index in [1.165, 1.54) is 0 Å². The molecule has 0 aromatic heterocycles. The molecule has 0 radical (unpaired) electrons. The maximum atomic E-state index is 12.5. The third kappa shape index (κ3) is 4.95. The molecular formula is C23H17NO5. The summed E-state index contributed by atoms with van der Waals surface area (Å²) in [5.41, 5.74) is 0.842. The molecule has 1 amide bonds. The number of nitrogens with one attached hydrogen (secondary N) is 1. The molecule has 3 rings (SSSR count). The molecule has 0 aliphatic rings. The number of aliphatic carboxylic acids is 1. The third-order valence-corrected chi connectivity index (χ3v) is 3.99. The summed E-state index contributed by atoms with van der Waals surface area (Å²) in [7, 11) is 0. The van der Waals surface area contributed by atoms with Crippen LogP contribution in [0.5, 0.6) is 5.75 Å². The maximum absolute atomic E-state index is 12.5. The number of hydrogen-bond donors (Lipinski definition) is 2. The number of carboxylic acid groups (broad SMARTS) is 1. The van der Waals surface area contributed by atoms with Crippen molar-refractivity contribution < 1.29 is 24.2 Å². The number of carboxylic acids is 1. The van der Waals surface area contributed by atoms with Crippen molar-refractivity contribution in [3.8, 4) is 5.75 Å². The van der Waals surface area contributed by atoms with E-state index in [1.54, 1.807) is 84.9 Å². The van der Waals surface area contributed by atoms with E-state index >= 15 is 0 Å². The Morgan fingerprint density at radius 2 is 1.34 bits per heavy atom. The van der Waals surface area contributed by atoms with Gasteiger partial charge in [-0.3, -0.25) is 9.59 Å². The Bertz CT molecular complexity index is 1040. The van der Waals surface area contributed by atoms with E-state index in [0.29, 0.717) is 28.7 Å². The van der Waals surface area contributed by atoms with Crippen molar-refractivity contribution in [1.29, 1.82) is 0 Å². The number of ether oxygens (including phenoxy) is 1. The van der Waals surface area contributed by atoms with E-state index in [1.807, 2.05) is 0 Å². The van der Waals surface area contributed by atoms with Crippen molar-refractivity contribution in [1.82, 2.24) is 5.32 Å². The van der Waals surface area contributed by atoms with Crippen LogP contribution in [0, 0.1) is 0 Å². The van der Waals surface area contributed by atoms with Crippen molar-refractivity contribution in [2.75, 3.05) is 0 Å². The molecule has 29 heavy (non-hydrogen) atoms. The van der Waals surface area contributed by atoms with Gasteiger partial charge >= 0.3 is 5.97 Å². The average Bonchev–Trinajstić information content (AvgIpc) is 2.77.